The van der Waals surface area contributed by atoms with E-state index in [1.165, 1.54) is 31.2 Å². The SMILES string of the molecule is CC(Cl)(CCOC(=O)c1ccc(C#N)cc1)CC(F)(F)F. The summed E-state index contributed by atoms with van der Waals surface area (Å²) < 4.78 is 41.6. The number of alkyl halides is 4. The monoisotopic (exact) mass is 319 g/mol. The number of rotatable bonds is 5. The van der Waals surface area contributed by atoms with Crippen LogP contribution in [0.2, 0.25) is 0 Å². The molecule has 1 aromatic rings. The molecule has 0 radical (unpaired) electrons. The van der Waals surface area contributed by atoms with Gasteiger partial charge in [-0.3, -0.25) is 0 Å². The normalized spacial score (nSPS) is 14.1. The second-order valence-electron chi connectivity index (χ2n) is 4.78. The Bertz CT molecular complexity index is 533. The topological polar surface area (TPSA) is 50.1 Å². The highest BCUT2D eigenvalue weighted by atomic mass is 35.5. The molecule has 7 heteroatoms. The van der Waals surface area contributed by atoms with E-state index in [1.807, 2.05) is 6.07 Å². The van der Waals surface area contributed by atoms with Gasteiger partial charge in [-0.05, 0) is 31.2 Å². The summed E-state index contributed by atoms with van der Waals surface area (Å²) in [6.07, 6.45) is -5.64. The number of hydrogen-bond acceptors (Lipinski definition) is 3. The number of benzene rings is 1. The number of nitrogens with zero attached hydrogens (tertiary/aromatic N) is 1. The van der Waals surface area contributed by atoms with E-state index in [1.54, 1.807) is 0 Å². The van der Waals surface area contributed by atoms with Gasteiger partial charge in [0.05, 0.1) is 35.1 Å². The van der Waals surface area contributed by atoms with Crippen molar-refractivity contribution in [1.82, 2.24) is 0 Å². The maximum absolute atomic E-state index is 12.3. The summed E-state index contributed by atoms with van der Waals surface area (Å²) in [5.74, 6) is -0.668. The Hall–Kier alpha value is -1.74. The fourth-order valence-electron chi connectivity index (χ4n) is 1.63. The van der Waals surface area contributed by atoms with Crippen molar-refractivity contribution in [1.29, 1.82) is 5.26 Å². The van der Waals surface area contributed by atoms with Gasteiger partial charge in [0.2, 0.25) is 0 Å². The Morgan fingerprint density at radius 2 is 1.90 bits per heavy atom. The number of nitriles is 1. The Kier molecular flexibility index (Phi) is 5.62. The van der Waals surface area contributed by atoms with Crippen molar-refractivity contribution in [2.24, 2.45) is 0 Å². The van der Waals surface area contributed by atoms with Gasteiger partial charge in [-0.2, -0.15) is 18.4 Å². The molecule has 0 fully saturated rings. The number of esters is 1. The van der Waals surface area contributed by atoms with E-state index in [0.29, 0.717) is 5.56 Å². The average molecular weight is 320 g/mol. The maximum atomic E-state index is 12.3. The summed E-state index contributed by atoms with van der Waals surface area (Å²) in [5, 5.41) is 8.62. The molecule has 0 aliphatic rings. The number of carbonyl (C=O) groups excluding carboxylic acids is 1. The van der Waals surface area contributed by atoms with Crippen LogP contribution in [-0.2, 0) is 4.74 Å². The second-order valence-corrected chi connectivity index (χ2v) is 5.69. The molecule has 0 bridgehead atoms. The third-order valence-electron chi connectivity index (χ3n) is 2.68. The molecule has 0 saturated carbocycles. The van der Waals surface area contributed by atoms with Crippen LogP contribution in [0.5, 0.6) is 0 Å². The van der Waals surface area contributed by atoms with Gasteiger partial charge in [-0.25, -0.2) is 4.79 Å². The molecule has 1 unspecified atom stereocenters. The van der Waals surface area contributed by atoms with Crippen LogP contribution >= 0.6 is 11.6 Å². The minimum absolute atomic E-state index is 0.115. The van der Waals surface area contributed by atoms with Crippen molar-refractivity contribution in [3.8, 4) is 6.07 Å². The molecule has 0 aromatic heterocycles. The van der Waals surface area contributed by atoms with Crippen LogP contribution < -0.4 is 0 Å². The standard InChI is InChI=1S/C14H13ClF3NO2/c1-13(15,9-14(16,17)18)6-7-21-12(20)11-4-2-10(8-19)3-5-11/h2-5H,6-7,9H2,1H3. The summed E-state index contributed by atoms with van der Waals surface area (Å²) in [7, 11) is 0. The first-order chi connectivity index (χ1) is 9.63. The Morgan fingerprint density at radius 3 is 2.38 bits per heavy atom. The molecule has 0 N–H and O–H groups in total. The van der Waals surface area contributed by atoms with E-state index in [2.05, 4.69) is 0 Å². The van der Waals surface area contributed by atoms with Crippen molar-refractivity contribution in [3.63, 3.8) is 0 Å². The molecule has 0 amide bonds. The molecule has 0 spiro atoms. The van der Waals surface area contributed by atoms with Gasteiger partial charge in [0, 0.05) is 6.42 Å². The van der Waals surface area contributed by atoms with Crippen molar-refractivity contribution in [3.05, 3.63) is 35.4 Å². The molecular formula is C14H13ClF3NO2. The van der Waals surface area contributed by atoms with E-state index in [0.717, 1.165) is 0 Å². The lowest BCUT2D eigenvalue weighted by atomic mass is 10.0. The molecule has 0 aliphatic carbocycles. The van der Waals surface area contributed by atoms with Crippen molar-refractivity contribution in [2.75, 3.05) is 6.61 Å². The van der Waals surface area contributed by atoms with Crippen LogP contribution in [0.3, 0.4) is 0 Å². The number of carbonyl (C=O) groups is 1. The number of halogens is 4. The first-order valence-corrected chi connectivity index (χ1v) is 6.44. The highest BCUT2D eigenvalue weighted by Crippen LogP contribution is 2.34. The fourth-order valence-corrected chi connectivity index (χ4v) is 1.86. The summed E-state index contributed by atoms with van der Waals surface area (Å²) in [6.45, 7) is 1.03. The summed E-state index contributed by atoms with van der Waals surface area (Å²) in [6, 6.07) is 7.63. The fraction of sp³-hybridized carbons (Fsp3) is 0.429. The first-order valence-electron chi connectivity index (χ1n) is 6.06. The predicted octanol–water partition coefficient (Wildman–Crippen LogP) is 4.06. The zero-order valence-electron chi connectivity index (χ0n) is 11.2. The molecule has 0 saturated heterocycles. The van der Waals surface area contributed by atoms with Gasteiger partial charge in [-0.1, -0.05) is 0 Å². The molecule has 0 aliphatic heterocycles. The molecule has 1 rings (SSSR count). The number of ether oxygens (including phenoxy) is 1. The zero-order chi connectivity index (χ0) is 16.1. The smallest absolute Gasteiger partial charge is 0.390 e. The van der Waals surface area contributed by atoms with Crippen LogP contribution in [-0.4, -0.2) is 23.6 Å². The molecular weight excluding hydrogens is 307 g/mol. The van der Waals surface area contributed by atoms with Gasteiger partial charge in [0.15, 0.2) is 0 Å². The largest absolute Gasteiger partial charge is 0.462 e. The highest BCUT2D eigenvalue weighted by Gasteiger charge is 2.38. The third-order valence-corrected chi connectivity index (χ3v) is 3.00. The minimum Gasteiger partial charge on any atom is -0.462 e. The quantitative estimate of drug-likeness (QED) is 0.607. The van der Waals surface area contributed by atoms with Gasteiger partial charge in [0.25, 0.3) is 0 Å². The van der Waals surface area contributed by atoms with E-state index >= 15 is 0 Å². The maximum Gasteiger partial charge on any atom is 0.390 e. The van der Waals surface area contributed by atoms with E-state index in [-0.39, 0.29) is 18.6 Å². The van der Waals surface area contributed by atoms with Crippen LogP contribution in [0.25, 0.3) is 0 Å². The molecule has 21 heavy (non-hydrogen) atoms. The summed E-state index contributed by atoms with van der Waals surface area (Å²) in [5.41, 5.74) is 0.617. The lowest BCUT2D eigenvalue weighted by molar-refractivity contribution is -0.141. The van der Waals surface area contributed by atoms with Gasteiger partial charge < -0.3 is 4.74 Å². The Balaban J connectivity index is 2.48. The summed E-state index contributed by atoms with van der Waals surface area (Å²) in [4.78, 5) is 10.1. The lowest BCUT2D eigenvalue weighted by Gasteiger charge is -2.23. The van der Waals surface area contributed by atoms with E-state index in [4.69, 9.17) is 21.6 Å². The molecule has 0 heterocycles. The van der Waals surface area contributed by atoms with Gasteiger partial charge in [0.1, 0.15) is 0 Å². The van der Waals surface area contributed by atoms with Crippen LogP contribution in [0.15, 0.2) is 24.3 Å². The number of hydrogen-bond donors (Lipinski definition) is 0. The minimum atomic E-state index is -4.37. The second kappa shape index (κ2) is 6.81. The van der Waals surface area contributed by atoms with E-state index in [9.17, 15) is 18.0 Å². The van der Waals surface area contributed by atoms with Crippen LogP contribution in [0.1, 0.15) is 35.7 Å². The average Bonchev–Trinajstić information content (AvgIpc) is 2.35. The zero-order valence-corrected chi connectivity index (χ0v) is 12.0. The first kappa shape index (κ1) is 17.3. The van der Waals surface area contributed by atoms with Crippen LogP contribution in [0, 0.1) is 11.3 Å². The molecule has 3 nitrogen and oxygen atoms in total. The van der Waals surface area contributed by atoms with Crippen LogP contribution in [0.4, 0.5) is 13.2 Å². The molecule has 1 aromatic carbocycles. The molecule has 114 valence electrons. The predicted molar refractivity (Wildman–Crippen MR) is 71.0 cm³/mol. The van der Waals surface area contributed by atoms with Gasteiger partial charge in [-0.15, -0.1) is 11.6 Å². The van der Waals surface area contributed by atoms with Crippen molar-refractivity contribution < 1.29 is 22.7 Å². The highest BCUT2D eigenvalue weighted by molar-refractivity contribution is 6.23. The van der Waals surface area contributed by atoms with Gasteiger partial charge >= 0.3 is 12.1 Å². The van der Waals surface area contributed by atoms with E-state index < -0.39 is 23.4 Å². The Morgan fingerprint density at radius 1 is 1.33 bits per heavy atom. The van der Waals surface area contributed by atoms with Crippen molar-refractivity contribution >= 4 is 17.6 Å². The Labute approximate surface area is 125 Å². The van der Waals surface area contributed by atoms with Crippen molar-refractivity contribution in [2.45, 2.75) is 30.8 Å². The molecule has 1 atom stereocenters. The third kappa shape index (κ3) is 6.50. The lowest BCUT2D eigenvalue weighted by Crippen LogP contribution is -2.27. The summed E-state index contributed by atoms with van der Waals surface area (Å²) >= 11 is 5.74.